The zero-order valence-electron chi connectivity index (χ0n) is 22.5. The van der Waals surface area contributed by atoms with Crippen LogP contribution >= 0.6 is 0 Å². The van der Waals surface area contributed by atoms with Crippen LogP contribution in [-0.4, -0.2) is 62.3 Å². The molecule has 202 valence electrons. The Kier molecular flexibility index (Phi) is 7.48. The molecular weight excluding hydrogens is 492 g/mol. The number of β-amino-alcohol motifs (C(OH)–C–C–N with tert-alkyl or cyclic N) is 1. The van der Waals surface area contributed by atoms with Gasteiger partial charge in [-0.25, -0.2) is 0 Å². The highest BCUT2D eigenvalue weighted by Gasteiger charge is 2.45. The molecule has 3 atom stereocenters. The zero-order chi connectivity index (χ0) is 27.7. The van der Waals surface area contributed by atoms with Crippen LogP contribution in [0.3, 0.4) is 0 Å². The molecule has 3 amide bonds. The average Bonchev–Trinajstić information content (AvgIpc) is 3.48. The van der Waals surface area contributed by atoms with Gasteiger partial charge in [0.15, 0.2) is 0 Å². The molecule has 1 aromatic heterocycles. The molecule has 2 N–H and O–H groups in total. The van der Waals surface area contributed by atoms with Crippen LogP contribution in [0, 0.1) is 12.8 Å². The number of hydrogen-bond donors (Lipinski definition) is 2. The summed E-state index contributed by atoms with van der Waals surface area (Å²) < 4.78 is 0. The predicted octanol–water partition coefficient (Wildman–Crippen LogP) is 3.32. The summed E-state index contributed by atoms with van der Waals surface area (Å²) in [6.45, 7) is 6.54. The standard InChI is InChI=1S/C31H34N4O4/c1-19(2)28(35-17-23-6-4-5-7-26(23)30(35)38)31(39)34-18-24(36)14-27(34)29(37)33-16-21-8-10-22(11-9-21)25-12-13-32-15-20(25)3/h4-13,15,19,24,27-28,36H,14,16-18H2,1-3H3,(H,33,37)/t24-,27+,28+/m1/s1. The number of amides is 3. The lowest BCUT2D eigenvalue weighted by molar-refractivity contribution is -0.143. The SMILES string of the molecule is Cc1cnccc1-c1ccc(CNC(=O)[C@@H]2C[C@@H](O)CN2C(=O)[C@H](C(C)C)N2Cc3ccccc3C2=O)cc1. The van der Waals surface area contributed by atoms with Crippen molar-refractivity contribution in [3.05, 3.63) is 89.2 Å². The van der Waals surface area contributed by atoms with Crippen LogP contribution in [0.4, 0.5) is 0 Å². The molecule has 0 saturated carbocycles. The molecule has 1 fully saturated rings. The fraction of sp³-hybridized carbons (Fsp3) is 0.355. The van der Waals surface area contributed by atoms with Crippen molar-refractivity contribution in [2.45, 2.75) is 58.5 Å². The van der Waals surface area contributed by atoms with Gasteiger partial charge in [-0.05, 0) is 52.8 Å². The van der Waals surface area contributed by atoms with Crippen LogP contribution in [0.2, 0.25) is 0 Å². The van der Waals surface area contributed by atoms with Crippen LogP contribution in [0.15, 0.2) is 67.0 Å². The molecule has 8 nitrogen and oxygen atoms in total. The van der Waals surface area contributed by atoms with Crippen LogP contribution < -0.4 is 5.32 Å². The highest BCUT2D eigenvalue weighted by Crippen LogP contribution is 2.30. The number of carbonyl (C=O) groups is 3. The van der Waals surface area contributed by atoms with E-state index < -0.39 is 18.2 Å². The van der Waals surface area contributed by atoms with Gasteiger partial charge in [0.1, 0.15) is 12.1 Å². The number of aliphatic hydroxyl groups is 1. The molecule has 2 aliphatic heterocycles. The van der Waals surface area contributed by atoms with E-state index in [2.05, 4.69) is 10.3 Å². The minimum atomic E-state index is -0.799. The Hall–Kier alpha value is -4.04. The number of pyridine rings is 1. The zero-order valence-corrected chi connectivity index (χ0v) is 22.5. The Morgan fingerprint density at radius 3 is 2.51 bits per heavy atom. The highest BCUT2D eigenvalue weighted by molar-refractivity contribution is 6.01. The van der Waals surface area contributed by atoms with Crippen molar-refractivity contribution in [2.75, 3.05) is 6.54 Å². The Balaban J connectivity index is 1.27. The van der Waals surface area contributed by atoms with Gasteiger partial charge in [-0.1, -0.05) is 56.3 Å². The third-order valence-corrected chi connectivity index (χ3v) is 7.69. The fourth-order valence-corrected chi connectivity index (χ4v) is 5.66. The second-order valence-electron chi connectivity index (χ2n) is 10.8. The first-order chi connectivity index (χ1) is 18.7. The predicted molar refractivity (Wildman–Crippen MR) is 147 cm³/mol. The maximum absolute atomic E-state index is 13.8. The van der Waals surface area contributed by atoms with Crippen LogP contribution in [-0.2, 0) is 22.7 Å². The molecule has 0 bridgehead atoms. The lowest BCUT2D eigenvalue weighted by Crippen LogP contribution is -2.55. The number of hydrogen-bond acceptors (Lipinski definition) is 5. The van der Waals surface area contributed by atoms with Gasteiger partial charge in [0, 0.05) is 44.0 Å². The molecule has 0 aliphatic carbocycles. The van der Waals surface area contributed by atoms with Gasteiger partial charge in [0.2, 0.25) is 11.8 Å². The third-order valence-electron chi connectivity index (χ3n) is 7.69. The maximum atomic E-state index is 13.8. The first-order valence-electron chi connectivity index (χ1n) is 13.4. The Morgan fingerprint density at radius 2 is 1.82 bits per heavy atom. The van der Waals surface area contributed by atoms with Crippen LogP contribution in [0.5, 0.6) is 0 Å². The van der Waals surface area contributed by atoms with Gasteiger partial charge in [0.25, 0.3) is 5.91 Å². The molecule has 0 unspecified atom stereocenters. The number of rotatable bonds is 7. The number of aliphatic hydroxyl groups excluding tert-OH is 1. The van der Waals surface area contributed by atoms with E-state index in [9.17, 15) is 19.5 Å². The number of aromatic nitrogens is 1. The minimum Gasteiger partial charge on any atom is -0.391 e. The number of likely N-dealkylation sites (tertiary alicyclic amines) is 1. The second-order valence-corrected chi connectivity index (χ2v) is 10.8. The molecule has 2 aromatic carbocycles. The van der Waals surface area contributed by atoms with Gasteiger partial charge in [-0.15, -0.1) is 0 Å². The third kappa shape index (κ3) is 5.29. The van der Waals surface area contributed by atoms with Crippen molar-refractivity contribution in [1.29, 1.82) is 0 Å². The molecule has 0 spiro atoms. The Morgan fingerprint density at radius 1 is 1.08 bits per heavy atom. The molecule has 8 heteroatoms. The quantitative estimate of drug-likeness (QED) is 0.492. The lowest BCUT2D eigenvalue weighted by atomic mass is 10.00. The van der Waals surface area contributed by atoms with Crippen LogP contribution in [0.1, 0.15) is 47.3 Å². The van der Waals surface area contributed by atoms with Gasteiger partial charge in [-0.3, -0.25) is 19.4 Å². The molecule has 0 radical (unpaired) electrons. The van der Waals surface area contributed by atoms with Crippen molar-refractivity contribution < 1.29 is 19.5 Å². The summed E-state index contributed by atoms with van der Waals surface area (Å²) in [6.07, 6.45) is 2.96. The van der Waals surface area contributed by atoms with Crippen molar-refractivity contribution >= 4 is 17.7 Å². The molecule has 1 saturated heterocycles. The van der Waals surface area contributed by atoms with Gasteiger partial charge in [0.05, 0.1) is 6.10 Å². The smallest absolute Gasteiger partial charge is 0.255 e. The largest absolute Gasteiger partial charge is 0.391 e. The number of aryl methyl sites for hydroxylation is 1. The Bertz CT molecular complexity index is 1390. The van der Waals surface area contributed by atoms with Gasteiger partial charge >= 0.3 is 0 Å². The topological polar surface area (TPSA) is 103 Å². The van der Waals surface area contributed by atoms with Crippen LogP contribution in [0.25, 0.3) is 11.1 Å². The van der Waals surface area contributed by atoms with E-state index in [1.54, 1.807) is 17.2 Å². The maximum Gasteiger partial charge on any atom is 0.255 e. The molecular formula is C31H34N4O4. The van der Waals surface area contributed by atoms with E-state index in [4.69, 9.17) is 0 Å². The highest BCUT2D eigenvalue weighted by atomic mass is 16.3. The first-order valence-corrected chi connectivity index (χ1v) is 13.4. The van der Waals surface area contributed by atoms with Gasteiger partial charge < -0.3 is 20.2 Å². The van der Waals surface area contributed by atoms with Crippen molar-refractivity contribution in [1.82, 2.24) is 20.1 Å². The van der Waals surface area contributed by atoms with Crippen molar-refractivity contribution in [2.24, 2.45) is 5.92 Å². The summed E-state index contributed by atoms with van der Waals surface area (Å²) in [4.78, 5) is 47.5. The molecule has 39 heavy (non-hydrogen) atoms. The summed E-state index contributed by atoms with van der Waals surface area (Å²) in [5, 5.41) is 13.4. The minimum absolute atomic E-state index is 0.0646. The van der Waals surface area contributed by atoms with E-state index in [0.717, 1.165) is 27.8 Å². The lowest BCUT2D eigenvalue weighted by Gasteiger charge is -2.35. The summed E-state index contributed by atoms with van der Waals surface area (Å²) in [7, 11) is 0. The summed E-state index contributed by atoms with van der Waals surface area (Å²) in [5.41, 5.74) is 5.68. The number of benzene rings is 2. The summed E-state index contributed by atoms with van der Waals surface area (Å²) >= 11 is 0. The number of nitrogens with one attached hydrogen (secondary N) is 1. The van der Waals surface area contributed by atoms with E-state index >= 15 is 0 Å². The molecule has 2 aliphatic rings. The van der Waals surface area contributed by atoms with E-state index in [-0.39, 0.29) is 36.6 Å². The van der Waals surface area contributed by atoms with Crippen molar-refractivity contribution in [3.63, 3.8) is 0 Å². The monoisotopic (exact) mass is 526 g/mol. The number of fused-ring (bicyclic) bond motifs is 1. The summed E-state index contributed by atoms with van der Waals surface area (Å²) in [6, 6.07) is 15.8. The van der Waals surface area contributed by atoms with E-state index in [1.807, 2.05) is 75.5 Å². The Labute approximate surface area is 228 Å². The van der Waals surface area contributed by atoms with E-state index in [1.165, 1.54) is 4.90 Å². The van der Waals surface area contributed by atoms with Gasteiger partial charge in [-0.2, -0.15) is 0 Å². The number of carbonyl (C=O) groups excluding carboxylic acids is 3. The fourth-order valence-electron chi connectivity index (χ4n) is 5.66. The molecule has 3 heterocycles. The normalized spacial score (nSPS) is 19.4. The summed E-state index contributed by atoms with van der Waals surface area (Å²) in [5.74, 6) is -0.962. The molecule has 3 aromatic rings. The first kappa shape index (κ1) is 26.6. The van der Waals surface area contributed by atoms with E-state index in [0.29, 0.717) is 18.7 Å². The second kappa shape index (κ2) is 11.0. The van der Waals surface area contributed by atoms with Crippen molar-refractivity contribution in [3.8, 4) is 11.1 Å². The number of nitrogens with zero attached hydrogens (tertiary/aromatic N) is 3. The molecule has 5 rings (SSSR count). The average molecular weight is 527 g/mol.